The largest absolute Gasteiger partial charge is 0.366 e. The molecule has 1 aromatic rings. The van der Waals surface area contributed by atoms with E-state index in [9.17, 15) is 9.59 Å². The smallest absolute Gasteiger partial charge is 0.249 e. The van der Waals surface area contributed by atoms with Crippen LogP contribution in [0, 0.1) is 0 Å². The van der Waals surface area contributed by atoms with Gasteiger partial charge in [-0.25, -0.2) is 0 Å². The summed E-state index contributed by atoms with van der Waals surface area (Å²) in [5, 5.41) is 0. The molecule has 0 fully saturated rings. The van der Waals surface area contributed by atoms with Crippen LogP contribution < -0.4 is 11.5 Å². The molecule has 0 saturated carbocycles. The van der Waals surface area contributed by atoms with Crippen LogP contribution >= 0.6 is 0 Å². The van der Waals surface area contributed by atoms with E-state index in [4.69, 9.17) is 11.5 Å². The van der Waals surface area contributed by atoms with Gasteiger partial charge >= 0.3 is 0 Å². The first-order chi connectivity index (χ1) is 7.56. The average molecular weight is 218 g/mol. The molecule has 0 atom stereocenters. The molecule has 4 N–H and O–H groups in total. The summed E-state index contributed by atoms with van der Waals surface area (Å²) < 4.78 is 0. The topological polar surface area (TPSA) is 86.2 Å². The van der Waals surface area contributed by atoms with Crippen molar-refractivity contribution in [1.82, 2.24) is 0 Å². The minimum atomic E-state index is -0.681. The Labute approximate surface area is 93.9 Å². The Morgan fingerprint density at radius 1 is 1.25 bits per heavy atom. The highest BCUT2D eigenvalue weighted by Gasteiger charge is 2.12. The van der Waals surface area contributed by atoms with Crippen LogP contribution in [0.4, 0.5) is 0 Å². The number of amides is 2. The summed E-state index contributed by atoms with van der Waals surface area (Å²) in [7, 11) is 0. The summed E-state index contributed by atoms with van der Waals surface area (Å²) in [6.07, 6.45) is 1.82. The van der Waals surface area contributed by atoms with Crippen LogP contribution in [-0.2, 0) is 16.0 Å². The Hall–Kier alpha value is -2.10. The monoisotopic (exact) mass is 218 g/mol. The highest BCUT2D eigenvalue weighted by atomic mass is 16.1. The Morgan fingerprint density at radius 2 is 1.88 bits per heavy atom. The Bertz CT molecular complexity index is 450. The maximum absolute atomic E-state index is 11.2. The summed E-state index contributed by atoms with van der Waals surface area (Å²) in [4.78, 5) is 22.1. The minimum absolute atomic E-state index is 0.157. The molecular formula is C12H14N2O2. The first kappa shape index (κ1) is 12.0. The molecule has 0 aliphatic rings. The van der Waals surface area contributed by atoms with Crippen LogP contribution in [0.1, 0.15) is 18.1 Å². The Balaban J connectivity index is 3.32. The van der Waals surface area contributed by atoms with Gasteiger partial charge < -0.3 is 11.5 Å². The molecule has 0 aromatic heterocycles. The van der Waals surface area contributed by atoms with Crippen LogP contribution in [-0.4, -0.2) is 11.8 Å². The first-order valence-corrected chi connectivity index (χ1v) is 4.95. The van der Waals surface area contributed by atoms with Gasteiger partial charge in [-0.2, -0.15) is 0 Å². The second-order valence-corrected chi connectivity index (χ2v) is 3.34. The van der Waals surface area contributed by atoms with Crippen molar-refractivity contribution in [2.75, 3.05) is 0 Å². The minimum Gasteiger partial charge on any atom is -0.366 e. The highest BCUT2D eigenvalue weighted by molar-refractivity contribution is 6.23. The molecule has 84 valence electrons. The molecule has 0 radical (unpaired) electrons. The van der Waals surface area contributed by atoms with E-state index in [0.717, 1.165) is 18.1 Å². The molecule has 1 aromatic carbocycles. The van der Waals surface area contributed by atoms with Gasteiger partial charge in [-0.3, -0.25) is 9.59 Å². The van der Waals surface area contributed by atoms with Crippen molar-refractivity contribution in [1.29, 1.82) is 0 Å². The number of carbonyl (C=O) groups excluding carboxylic acids is 2. The van der Waals surface area contributed by atoms with Crippen LogP contribution in [0.5, 0.6) is 0 Å². The average Bonchev–Trinajstić information content (AvgIpc) is 2.25. The van der Waals surface area contributed by atoms with Gasteiger partial charge in [-0.1, -0.05) is 31.2 Å². The molecule has 16 heavy (non-hydrogen) atoms. The van der Waals surface area contributed by atoms with E-state index < -0.39 is 11.8 Å². The standard InChI is InChI=1S/C12H14N2O2/c1-2-8-5-3-4-6-9(8)10(12(14)16)7-11(13)15/h3-7H,2H2,1H3,(H2,13,15)(H2,14,16)/b10-7-. The van der Waals surface area contributed by atoms with E-state index in [-0.39, 0.29) is 5.57 Å². The number of hydrogen-bond donors (Lipinski definition) is 2. The van der Waals surface area contributed by atoms with E-state index in [1.54, 1.807) is 12.1 Å². The summed E-state index contributed by atoms with van der Waals surface area (Å²) in [5.41, 5.74) is 12.0. The fourth-order valence-electron chi connectivity index (χ4n) is 1.52. The molecule has 0 aliphatic carbocycles. The lowest BCUT2D eigenvalue weighted by Gasteiger charge is -2.08. The molecule has 4 nitrogen and oxygen atoms in total. The molecule has 4 heteroatoms. The third-order valence-electron chi connectivity index (χ3n) is 2.24. The van der Waals surface area contributed by atoms with Crippen molar-refractivity contribution < 1.29 is 9.59 Å². The van der Waals surface area contributed by atoms with Gasteiger partial charge in [-0.05, 0) is 17.5 Å². The van der Waals surface area contributed by atoms with Gasteiger partial charge in [0.25, 0.3) is 0 Å². The van der Waals surface area contributed by atoms with Crippen LogP contribution in [0.25, 0.3) is 5.57 Å². The number of nitrogens with two attached hydrogens (primary N) is 2. The van der Waals surface area contributed by atoms with Crippen LogP contribution in [0.15, 0.2) is 30.3 Å². The molecule has 0 saturated heterocycles. The second-order valence-electron chi connectivity index (χ2n) is 3.34. The SMILES string of the molecule is CCc1ccccc1/C(=C/C(N)=O)C(N)=O. The summed E-state index contributed by atoms with van der Waals surface area (Å²) in [6.45, 7) is 1.96. The number of benzene rings is 1. The van der Waals surface area contributed by atoms with E-state index in [1.165, 1.54) is 0 Å². The van der Waals surface area contributed by atoms with Crippen molar-refractivity contribution in [3.63, 3.8) is 0 Å². The van der Waals surface area contributed by atoms with Crippen molar-refractivity contribution in [2.45, 2.75) is 13.3 Å². The zero-order valence-corrected chi connectivity index (χ0v) is 9.07. The van der Waals surface area contributed by atoms with Gasteiger partial charge in [0.05, 0.1) is 5.57 Å². The maximum atomic E-state index is 11.2. The Morgan fingerprint density at radius 3 is 2.38 bits per heavy atom. The molecule has 0 spiro atoms. The number of carbonyl (C=O) groups is 2. The lowest BCUT2D eigenvalue weighted by atomic mass is 9.97. The van der Waals surface area contributed by atoms with Crippen molar-refractivity contribution >= 4 is 17.4 Å². The molecule has 1 rings (SSSR count). The third kappa shape index (κ3) is 2.70. The molecule has 2 amide bonds. The van der Waals surface area contributed by atoms with E-state index in [1.807, 2.05) is 19.1 Å². The van der Waals surface area contributed by atoms with Crippen LogP contribution in [0.3, 0.4) is 0 Å². The molecule has 0 unspecified atom stereocenters. The zero-order chi connectivity index (χ0) is 12.1. The van der Waals surface area contributed by atoms with Gasteiger partial charge in [0.15, 0.2) is 0 Å². The van der Waals surface area contributed by atoms with Gasteiger partial charge in [0.2, 0.25) is 11.8 Å². The fourth-order valence-corrected chi connectivity index (χ4v) is 1.52. The van der Waals surface area contributed by atoms with Crippen molar-refractivity contribution in [3.8, 4) is 0 Å². The van der Waals surface area contributed by atoms with Gasteiger partial charge in [-0.15, -0.1) is 0 Å². The maximum Gasteiger partial charge on any atom is 0.249 e. The summed E-state index contributed by atoms with van der Waals surface area (Å²) in [5.74, 6) is -1.33. The third-order valence-corrected chi connectivity index (χ3v) is 2.24. The fraction of sp³-hybridized carbons (Fsp3) is 0.167. The Kier molecular flexibility index (Phi) is 3.83. The summed E-state index contributed by atoms with van der Waals surface area (Å²) >= 11 is 0. The molecule has 0 bridgehead atoms. The first-order valence-electron chi connectivity index (χ1n) is 4.95. The van der Waals surface area contributed by atoms with Crippen molar-refractivity contribution in [2.24, 2.45) is 11.5 Å². The van der Waals surface area contributed by atoms with Crippen LogP contribution in [0.2, 0.25) is 0 Å². The number of primary amides is 2. The van der Waals surface area contributed by atoms with Gasteiger partial charge in [0, 0.05) is 6.08 Å². The number of hydrogen-bond acceptors (Lipinski definition) is 2. The molecule has 0 aliphatic heterocycles. The van der Waals surface area contributed by atoms with E-state index in [0.29, 0.717) is 5.56 Å². The second kappa shape index (κ2) is 5.11. The zero-order valence-electron chi connectivity index (χ0n) is 9.07. The lowest BCUT2D eigenvalue weighted by molar-refractivity contribution is -0.115. The van der Waals surface area contributed by atoms with E-state index >= 15 is 0 Å². The number of rotatable bonds is 4. The normalized spacial score (nSPS) is 11.2. The predicted octanol–water partition coefficient (Wildman–Crippen LogP) is 0.603. The predicted molar refractivity (Wildman–Crippen MR) is 62.2 cm³/mol. The molecular weight excluding hydrogens is 204 g/mol. The van der Waals surface area contributed by atoms with Crippen molar-refractivity contribution in [3.05, 3.63) is 41.5 Å². The lowest BCUT2D eigenvalue weighted by Crippen LogP contribution is -2.17. The van der Waals surface area contributed by atoms with Gasteiger partial charge in [0.1, 0.15) is 0 Å². The number of aryl methyl sites for hydroxylation is 1. The highest BCUT2D eigenvalue weighted by Crippen LogP contribution is 2.19. The quantitative estimate of drug-likeness (QED) is 0.725. The van der Waals surface area contributed by atoms with E-state index in [2.05, 4.69) is 0 Å². The summed E-state index contributed by atoms with van der Waals surface area (Å²) in [6, 6.07) is 7.28. The molecule has 0 heterocycles.